The molecule has 0 fully saturated rings. The number of fused-ring (bicyclic) bond motifs is 1. The molecule has 0 spiro atoms. The van der Waals surface area contributed by atoms with Crippen molar-refractivity contribution in [3.63, 3.8) is 0 Å². The molecular weight excluding hydrogens is 404 g/mol. The zero-order chi connectivity index (χ0) is 21.8. The lowest BCUT2D eigenvalue weighted by molar-refractivity contribution is -0.139. The van der Waals surface area contributed by atoms with Gasteiger partial charge in [-0.15, -0.1) is 0 Å². The minimum atomic E-state index is -1.04. The minimum Gasteiger partial charge on any atom is -0.487 e. The van der Waals surface area contributed by atoms with Gasteiger partial charge in [-0.1, -0.05) is 37.4 Å². The van der Waals surface area contributed by atoms with Crippen LogP contribution in [0.15, 0.2) is 60.4 Å². The first-order valence-corrected chi connectivity index (χ1v) is 11.1. The monoisotopic (exact) mass is 428 g/mol. The molecule has 2 heterocycles. The fourth-order valence-electron chi connectivity index (χ4n) is 3.48. The Bertz CT molecular complexity index is 1010. The first kappa shape index (κ1) is 21.7. The predicted octanol–water partition coefficient (Wildman–Crippen LogP) is 2.00. The number of nitrogens with one attached hydrogen (secondary N) is 2. The summed E-state index contributed by atoms with van der Waals surface area (Å²) in [6.07, 6.45) is 5.02. The first-order chi connectivity index (χ1) is 14.3. The van der Waals surface area contributed by atoms with E-state index in [-0.39, 0.29) is 5.91 Å². The maximum Gasteiger partial charge on any atom is 0.320 e. The number of carbonyl (C=O) groups is 2. The Kier molecular flexibility index (Phi) is 6.69. The molecule has 2 atom stereocenters. The summed E-state index contributed by atoms with van der Waals surface area (Å²) in [5, 5.41) is 15.1. The van der Waals surface area contributed by atoms with Gasteiger partial charge in [-0.3, -0.25) is 13.8 Å². The van der Waals surface area contributed by atoms with Crippen LogP contribution in [0.5, 0.6) is 0 Å². The van der Waals surface area contributed by atoms with Crippen molar-refractivity contribution in [3.05, 3.63) is 77.0 Å². The topological polar surface area (TPSA) is 105 Å². The third-order valence-electron chi connectivity index (χ3n) is 5.00. The van der Waals surface area contributed by atoms with Crippen LogP contribution in [0.4, 0.5) is 0 Å². The summed E-state index contributed by atoms with van der Waals surface area (Å²) in [4.78, 5) is 23.9. The zero-order valence-corrected chi connectivity index (χ0v) is 17.5. The van der Waals surface area contributed by atoms with Crippen molar-refractivity contribution in [1.29, 1.82) is 0 Å². The van der Waals surface area contributed by atoms with Crippen molar-refractivity contribution in [3.8, 4) is 0 Å². The van der Waals surface area contributed by atoms with Crippen LogP contribution < -0.4 is 10.6 Å². The molecule has 0 aromatic heterocycles. The zero-order valence-electron chi connectivity index (χ0n) is 16.7. The first-order valence-electron chi connectivity index (χ1n) is 9.42. The van der Waals surface area contributed by atoms with Crippen molar-refractivity contribution in [2.45, 2.75) is 25.6 Å². The van der Waals surface area contributed by atoms with E-state index in [1.165, 1.54) is 0 Å². The summed E-state index contributed by atoms with van der Waals surface area (Å²) in [6.45, 7) is 8.17. The second-order valence-corrected chi connectivity index (χ2v) is 8.57. The smallest absolute Gasteiger partial charge is 0.320 e. The normalized spacial score (nSPS) is 19.7. The molecule has 0 aliphatic carbocycles. The summed E-state index contributed by atoms with van der Waals surface area (Å²) < 4.78 is 17.1. The summed E-state index contributed by atoms with van der Waals surface area (Å²) >= 11 is 0. The van der Waals surface area contributed by atoms with Gasteiger partial charge in [0.1, 0.15) is 18.4 Å². The van der Waals surface area contributed by atoms with Gasteiger partial charge < -0.3 is 20.5 Å². The Morgan fingerprint density at radius 1 is 1.40 bits per heavy atom. The molecule has 2 unspecified atom stereocenters. The quantitative estimate of drug-likeness (QED) is 0.520. The Labute approximate surface area is 177 Å². The highest BCUT2D eigenvalue weighted by Crippen LogP contribution is 2.37. The molecular formula is C22H24N2O5S. The van der Waals surface area contributed by atoms with Gasteiger partial charge in [0.05, 0.1) is 5.57 Å². The van der Waals surface area contributed by atoms with Gasteiger partial charge in [-0.25, -0.2) is 0 Å². The molecule has 1 aromatic carbocycles. The molecule has 2 aliphatic heterocycles. The molecule has 158 valence electrons. The Morgan fingerprint density at radius 3 is 2.80 bits per heavy atom. The lowest BCUT2D eigenvalue weighted by Gasteiger charge is -2.14. The van der Waals surface area contributed by atoms with Crippen LogP contribution in [0.1, 0.15) is 23.1 Å². The number of carbonyl (C=O) groups excluding carboxylic acids is 1. The number of aliphatic carboxylic acids is 1. The van der Waals surface area contributed by atoms with Crippen LogP contribution >= 0.6 is 0 Å². The molecule has 1 amide bonds. The predicted molar refractivity (Wildman–Crippen MR) is 116 cm³/mol. The maximum absolute atomic E-state index is 12.5. The van der Waals surface area contributed by atoms with Crippen LogP contribution in [0, 0.1) is 0 Å². The van der Waals surface area contributed by atoms with Gasteiger partial charge in [0.15, 0.2) is 0 Å². The largest absolute Gasteiger partial charge is 0.487 e. The van der Waals surface area contributed by atoms with Crippen LogP contribution in [0.3, 0.4) is 0 Å². The lowest BCUT2D eigenvalue weighted by Crippen LogP contribution is -2.37. The van der Waals surface area contributed by atoms with E-state index in [1.54, 1.807) is 18.4 Å². The molecule has 0 saturated heterocycles. The number of carboxylic acids is 1. The number of allylic oxidation sites excluding steroid dienone is 2. The number of benzene rings is 1. The summed E-state index contributed by atoms with van der Waals surface area (Å²) in [6, 6.07) is 4.91. The number of carboxylic acid groups (broad SMARTS) is 1. The number of hydrogen-bond acceptors (Lipinski definition) is 5. The Morgan fingerprint density at radius 2 is 2.17 bits per heavy atom. The highest BCUT2D eigenvalue weighted by atomic mass is 32.2. The van der Waals surface area contributed by atoms with Gasteiger partial charge in [0.25, 0.3) is 5.91 Å². The van der Waals surface area contributed by atoms with Crippen molar-refractivity contribution < 1.29 is 23.6 Å². The maximum atomic E-state index is 12.5. The highest BCUT2D eigenvalue weighted by molar-refractivity contribution is 7.84. The van der Waals surface area contributed by atoms with E-state index in [4.69, 9.17) is 4.74 Å². The molecule has 1 aromatic rings. The summed E-state index contributed by atoms with van der Waals surface area (Å²) in [5.41, 5.74) is 4.33. The number of amides is 1. The molecule has 30 heavy (non-hydrogen) atoms. The molecule has 0 radical (unpaired) electrons. The Hall–Kier alpha value is -2.97. The van der Waals surface area contributed by atoms with Gasteiger partial charge >= 0.3 is 5.97 Å². The van der Waals surface area contributed by atoms with Crippen LogP contribution in [-0.4, -0.2) is 39.2 Å². The number of hydrogen-bond donors (Lipinski definition) is 3. The fourth-order valence-corrected chi connectivity index (χ4v) is 4.05. The van der Waals surface area contributed by atoms with E-state index in [9.17, 15) is 18.9 Å². The van der Waals surface area contributed by atoms with Crippen molar-refractivity contribution in [2.24, 2.45) is 0 Å². The van der Waals surface area contributed by atoms with Crippen LogP contribution in [0.25, 0.3) is 5.76 Å². The fraction of sp³-hybridized carbons (Fsp3) is 0.273. The van der Waals surface area contributed by atoms with Crippen LogP contribution in [-0.2, 0) is 38.3 Å². The van der Waals surface area contributed by atoms with Gasteiger partial charge in [0.2, 0.25) is 0 Å². The molecule has 8 heteroatoms. The molecule has 2 aliphatic rings. The number of rotatable bonds is 9. The average Bonchev–Trinajstić information content (AvgIpc) is 3.26. The van der Waals surface area contributed by atoms with E-state index >= 15 is 0 Å². The standard InChI is InChI=1S/C22H24N2O5S/c1-4-15-17(5-2)24-21(25)19(15)20-16-7-6-13(10-14(16)12-29-20)11-23-18(22(26)27)8-9-30(3)28/h4-7,10,18,23H,1-2,8-9,11-12H2,3H3,(H,24,25)(H,26,27)/b20-19+. The Balaban J connectivity index is 1.81. The summed E-state index contributed by atoms with van der Waals surface area (Å²) in [7, 11) is -1.04. The molecule has 0 saturated carbocycles. The molecule has 3 rings (SSSR count). The van der Waals surface area contributed by atoms with Crippen molar-refractivity contribution in [1.82, 2.24) is 10.6 Å². The van der Waals surface area contributed by atoms with E-state index < -0.39 is 22.8 Å². The van der Waals surface area contributed by atoms with Gasteiger partial charge in [-0.2, -0.15) is 0 Å². The van der Waals surface area contributed by atoms with E-state index in [2.05, 4.69) is 23.8 Å². The minimum absolute atomic E-state index is 0.258. The third-order valence-corrected chi connectivity index (χ3v) is 5.81. The second-order valence-electron chi connectivity index (χ2n) is 7.01. The SMILES string of the molecule is C=CC1=C(C=C)/C(=C2\OCc3cc(CNC(CCS(C)=O)C(=O)O)ccc32)C(=O)N1. The second kappa shape index (κ2) is 9.23. The molecule has 7 nitrogen and oxygen atoms in total. The van der Waals surface area contributed by atoms with E-state index in [0.717, 1.165) is 16.7 Å². The third kappa shape index (κ3) is 4.44. The lowest BCUT2D eigenvalue weighted by atomic mass is 9.98. The van der Waals surface area contributed by atoms with Crippen molar-refractivity contribution >= 4 is 28.4 Å². The van der Waals surface area contributed by atoms with E-state index in [1.807, 2.05) is 18.2 Å². The molecule has 0 bridgehead atoms. The van der Waals surface area contributed by atoms with E-state index in [0.29, 0.717) is 47.9 Å². The van der Waals surface area contributed by atoms with Gasteiger partial charge in [0, 0.05) is 51.7 Å². The highest BCUT2D eigenvalue weighted by Gasteiger charge is 2.32. The van der Waals surface area contributed by atoms with Crippen LogP contribution in [0.2, 0.25) is 0 Å². The average molecular weight is 429 g/mol. The molecule has 3 N–H and O–H groups in total. The van der Waals surface area contributed by atoms with Gasteiger partial charge in [-0.05, 0) is 18.1 Å². The number of ether oxygens (including phenoxy) is 1. The summed E-state index contributed by atoms with van der Waals surface area (Å²) in [5.74, 6) is -0.396. The van der Waals surface area contributed by atoms with Crippen molar-refractivity contribution in [2.75, 3.05) is 12.0 Å².